The van der Waals surface area contributed by atoms with Crippen LogP contribution in [0, 0.1) is 0 Å². The first kappa shape index (κ1) is 14.4. The van der Waals surface area contributed by atoms with Crippen molar-refractivity contribution in [3.05, 3.63) is 28.8 Å². The van der Waals surface area contributed by atoms with E-state index >= 15 is 0 Å². The summed E-state index contributed by atoms with van der Waals surface area (Å²) in [5.41, 5.74) is 6.30. The molecule has 1 aliphatic rings. The molecule has 1 atom stereocenters. The van der Waals surface area contributed by atoms with Gasteiger partial charge in [-0.15, -0.1) is 0 Å². The third-order valence-corrected chi connectivity index (χ3v) is 3.11. The second-order valence-electron chi connectivity index (χ2n) is 4.33. The van der Waals surface area contributed by atoms with E-state index < -0.39 is 6.03 Å². The van der Waals surface area contributed by atoms with Crippen molar-refractivity contribution in [2.75, 3.05) is 18.5 Å². The molecule has 0 spiro atoms. The average Bonchev–Trinajstić information content (AvgIpc) is 2.90. The van der Waals surface area contributed by atoms with E-state index in [4.69, 9.17) is 27.3 Å². The normalized spacial score (nSPS) is 18.9. The number of nitrogens with one attached hydrogen (secondary N) is 2. The fraction of sp³-hybridized carbons (Fsp3) is 0.333. The van der Waals surface area contributed by atoms with E-state index in [0.717, 1.165) is 6.42 Å². The maximum absolute atomic E-state index is 11.9. The minimum Gasteiger partial charge on any atom is -0.409 e. The van der Waals surface area contributed by atoms with Crippen LogP contribution < -0.4 is 16.4 Å². The van der Waals surface area contributed by atoms with Crippen molar-refractivity contribution in [1.29, 1.82) is 0 Å². The topological polar surface area (TPSA) is 109 Å². The minimum absolute atomic E-state index is 0.0125. The number of anilines is 1. The maximum Gasteiger partial charge on any atom is 0.319 e. The van der Waals surface area contributed by atoms with E-state index in [2.05, 4.69) is 15.8 Å². The van der Waals surface area contributed by atoms with E-state index in [9.17, 15) is 4.79 Å². The fourth-order valence-corrected chi connectivity index (χ4v) is 2.06. The van der Waals surface area contributed by atoms with Gasteiger partial charge < -0.3 is 26.3 Å². The van der Waals surface area contributed by atoms with Crippen molar-refractivity contribution < 1.29 is 14.7 Å². The van der Waals surface area contributed by atoms with Gasteiger partial charge in [-0.1, -0.05) is 16.8 Å². The highest BCUT2D eigenvalue weighted by molar-refractivity contribution is 6.31. The Morgan fingerprint density at radius 2 is 2.35 bits per heavy atom. The van der Waals surface area contributed by atoms with Crippen LogP contribution in [0.4, 0.5) is 10.5 Å². The molecule has 1 aromatic carbocycles. The van der Waals surface area contributed by atoms with Gasteiger partial charge in [0.2, 0.25) is 0 Å². The predicted octanol–water partition coefficient (Wildman–Crippen LogP) is 1.34. The highest BCUT2D eigenvalue weighted by Crippen LogP contribution is 2.21. The second-order valence-corrected chi connectivity index (χ2v) is 4.77. The quantitative estimate of drug-likeness (QED) is 0.292. The van der Waals surface area contributed by atoms with Gasteiger partial charge in [-0.05, 0) is 24.6 Å². The first-order valence-corrected chi connectivity index (χ1v) is 6.40. The summed E-state index contributed by atoms with van der Waals surface area (Å²) < 4.78 is 5.17. The van der Waals surface area contributed by atoms with Crippen LogP contribution in [0.2, 0.25) is 5.02 Å². The van der Waals surface area contributed by atoms with Crippen molar-refractivity contribution in [2.24, 2.45) is 10.9 Å². The molecule has 0 saturated carbocycles. The number of hydrogen-bond acceptors (Lipinski definition) is 4. The van der Waals surface area contributed by atoms with Crippen LogP contribution in [-0.4, -0.2) is 36.3 Å². The van der Waals surface area contributed by atoms with Crippen molar-refractivity contribution in [1.82, 2.24) is 5.32 Å². The second kappa shape index (κ2) is 6.44. The van der Waals surface area contributed by atoms with Gasteiger partial charge in [0.1, 0.15) is 0 Å². The smallest absolute Gasteiger partial charge is 0.319 e. The molecule has 20 heavy (non-hydrogen) atoms. The van der Waals surface area contributed by atoms with E-state index in [1.165, 1.54) is 6.07 Å². The lowest BCUT2D eigenvalue weighted by Gasteiger charge is -2.14. The van der Waals surface area contributed by atoms with Crippen molar-refractivity contribution in [2.45, 2.75) is 12.5 Å². The summed E-state index contributed by atoms with van der Waals surface area (Å²) in [6, 6.07) is 4.27. The molecule has 1 aliphatic heterocycles. The van der Waals surface area contributed by atoms with Crippen molar-refractivity contribution in [3.63, 3.8) is 0 Å². The van der Waals surface area contributed by atoms with Gasteiger partial charge in [-0.3, -0.25) is 0 Å². The highest BCUT2D eigenvalue weighted by Gasteiger charge is 2.18. The van der Waals surface area contributed by atoms with Crippen LogP contribution in [-0.2, 0) is 4.74 Å². The Labute approximate surface area is 120 Å². The van der Waals surface area contributed by atoms with Crippen LogP contribution in [0.25, 0.3) is 0 Å². The number of nitrogens with zero attached hydrogens (tertiary/aromatic N) is 1. The lowest BCUT2D eigenvalue weighted by atomic mass is 10.1. The molecule has 108 valence electrons. The average molecular weight is 299 g/mol. The number of halogens is 1. The summed E-state index contributed by atoms with van der Waals surface area (Å²) in [4.78, 5) is 11.9. The zero-order valence-corrected chi connectivity index (χ0v) is 11.4. The number of rotatable bonds is 3. The van der Waals surface area contributed by atoms with E-state index in [0.29, 0.717) is 29.5 Å². The van der Waals surface area contributed by atoms with Gasteiger partial charge in [-0.25, -0.2) is 4.79 Å². The molecule has 1 aromatic rings. The number of ether oxygens (including phenoxy) is 1. The van der Waals surface area contributed by atoms with Crippen LogP contribution in [0.1, 0.15) is 12.0 Å². The Hall–Kier alpha value is -1.99. The first-order chi connectivity index (χ1) is 9.60. The summed E-state index contributed by atoms with van der Waals surface area (Å²) in [6.07, 6.45) is 0.774. The van der Waals surface area contributed by atoms with Gasteiger partial charge >= 0.3 is 6.03 Å². The van der Waals surface area contributed by atoms with E-state index in [1.807, 2.05) is 0 Å². The van der Waals surface area contributed by atoms with Gasteiger partial charge in [0.05, 0.1) is 18.3 Å². The Bertz CT molecular complexity index is 529. The Kier molecular flexibility index (Phi) is 4.65. The summed E-state index contributed by atoms with van der Waals surface area (Å²) in [5, 5.41) is 17.5. The molecule has 5 N–H and O–H groups in total. The molecule has 1 saturated heterocycles. The molecular formula is C12H15ClN4O3. The van der Waals surface area contributed by atoms with Gasteiger partial charge in [-0.2, -0.15) is 0 Å². The zero-order chi connectivity index (χ0) is 14.5. The number of carbonyl (C=O) groups is 1. The van der Waals surface area contributed by atoms with Crippen LogP contribution in [0.3, 0.4) is 0 Å². The van der Waals surface area contributed by atoms with Crippen LogP contribution in [0.5, 0.6) is 0 Å². The molecule has 0 aromatic heterocycles. The molecule has 0 radical (unpaired) electrons. The summed E-state index contributed by atoms with van der Waals surface area (Å²) in [5.74, 6) is -0.110. The highest BCUT2D eigenvalue weighted by atomic mass is 35.5. The number of amidine groups is 1. The van der Waals surface area contributed by atoms with Gasteiger partial charge in [0.15, 0.2) is 5.84 Å². The number of nitrogens with two attached hydrogens (primary N) is 1. The largest absolute Gasteiger partial charge is 0.409 e. The molecule has 2 amide bonds. The van der Waals surface area contributed by atoms with E-state index in [1.54, 1.807) is 12.1 Å². The molecule has 1 fully saturated rings. The van der Waals surface area contributed by atoms with Crippen LogP contribution in [0.15, 0.2) is 23.4 Å². The van der Waals surface area contributed by atoms with Crippen molar-refractivity contribution >= 4 is 29.2 Å². The lowest BCUT2D eigenvalue weighted by Crippen LogP contribution is -2.38. The maximum atomic E-state index is 11.9. The lowest BCUT2D eigenvalue weighted by molar-refractivity contribution is 0.189. The molecule has 1 unspecified atom stereocenters. The number of urea groups is 1. The zero-order valence-electron chi connectivity index (χ0n) is 10.6. The SMILES string of the molecule is N/C(=N/O)c1ccc(Cl)cc1NC(=O)NC1CCOC1. The Balaban J connectivity index is 2.10. The van der Waals surface area contributed by atoms with Gasteiger partial charge in [0, 0.05) is 17.2 Å². The molecule has 0 bridgehead atoms. The third kappa shape index (κ3) is 3.52. The Morgan fingerprint density at radius 3 is 3.00 bits per heavy atom. The van der Waals surface area contributed by atoms with Gasteiger partial charge in [0.25, 0.3) is 0 Å². The molecule has 1 heterocycles. The third-order valence-electron chi connectivity index (χ3n) is 2.88. The fourth-order valence-electron chi connectivity index (χ4n) is 1.89. The van der Waals surface area contributed by atoms with E-state index in [-0.39, 0.29) is 11.9 Å². The molecular weight excluding hydrogens is 284 g/mol. The Morgan fingerprint density at radius 1 is 1.55 bits per heavy atom. The standard InChI is InChI=1S/C12H15ClN4O3/c13-7-1-2-9(11(14)17-19)10(5-7)16-12(18)15-8-3-4-20-6-8/h1-2,5,8,19H,3-4,6H2,(H2,14,17)(H2,15,16,18). The molecule has 2 rings (SSSR count). The predicted molar refractivity (Wildman–Crippen MR) is 75.3 cm³/mol. The van der Waals surface area contributed by atoms with Crippen molar-refractivity contribution in [3.8, 4) is 0 Å². The summed E-state index contributed by atoms with van der Waals surface area (Å²) in [7, 11) is 0. The number of benzene rings is 1. The molecule has 0 aliphatic carbocycles. The molecule has 7 nitrogen and oxygen atoms in total. The molecule has 8 heteroatoms. The number of amides is 2. The first-order valence-electron chi connectivity index (χ1n) is 6.03. The van der Waals surface area contributed by atoms with Crippen LogP contribution >= 0.6 is 11.6 Å². The monoisotopic (exact) mass is 298 g/mol. The number of hydrogen-bond donors (Lipinski definition) is 4. The number of carbonyl (C=O) groups excluding carboxylic acids is 1. The summed E-state index contributed by atoms with van der Waals surface area (Å²) in [6.45, 7) is 1.13. The minimum atomic E-state index is -0.394. The number of oxime groups is 1. The summed E-state index contributed by atoms with van der Waals surface area (Å²) >= 11 is 5.88.